The van der Waals surface area contributed by atoms with Gasteiger partial charge in [0.1, 0.15) is 24.7 Å². The Labute approximate surface area is 263 Å². The Morgan fingerprint density at radius 2 is 0.933 bits per heavy atom. The Hall–Kier alpha value is -3.52. The number of halogens is 6. The zero-order chi connectivity index (χ0) is 33.3. The molecule has 0 aliphatic carbocycles. The fourth-order valence-electron chi connectivity index (χ4n) is 3.18. The molecule has 0 radical (unpaired) electrons. The van der Waals surface area contributed by atoms with E-state index >= 15 is 0 Å². The first-order chi connectivity index (χ1) is 21.0. The maximum atomic E-state index is 12.5. The molecule has 2 N–H and O–H groups in total. The summed E-state index contributed by atoms with van der Waals surface area (Å²) < 4.78 is 97.4. The summed E-state index contributed by atoms with van der Waals surface area (Å²) in [6, 6.07) is 31.1. The smallest absolute Gasteiger partial charge is 0.420 e. The zero-order valence-electron chi connectivity index (χ0n) is 24.0. The molecule has 0 aromatic heterocycles. The molecule has 0 amide bonds. The number of benzene rings is 4. The van der Waals surface area contributed by atoms with Crippen molar-refractivity contribution in [2.24, 2.45) is 0 Å². The van der Waals surface area contributed by atoms with Crippen molar-refractivity contribution >= 4 is 22.6 Å². The molecule has 242 valence electrons. The van der Waals surface area contributed by atoms with E-state index in [0.29, 0.717) is 23.6 Å². The summed E-state index contributed by atoms with van der Waals surface area (Å²) in [5.41, 5.74) is -5.80. The van der Waals surface area contributed by atoms with Gasteiger partial charge in [-0.05, 0) is 86.6 Å². The summed E-state index contributed by atoms with van der Waals surface area (Å²) in [5.74, 6) is 0.435. The summed E-state index contributed by atoms with van der Waals surface area (Å²) in [6.45, 7) is -0.433. The van der Waals surface area contributed by atoms with E-state index in [1.54, 1.807) is 48.5 Å². The third-order valence-electron chi connectivity index (χ3n) is 6.06. The summed E-state index contributed by atoms with van der Waals surface area (Å²) in [7, 11) is -1.38. The monoisotopic (exact) mass is 672 g/mol. The molecule has 0 aliphatic heterocycles. The average Bonchev–Trinajstić information content (AvgIpc) is 3.00. The fourth-order valence-corrected chi connectivity index (χ4v) is 5.08. The van der Waals surface area contributed by atoms with Crippen LogP contribution >= 0.6 is 11.8 Å². The van der Waals surface area contributed by atoms with Gasteiger partial charge in [-0.25, -0.2) is 4.21 Å². The molecule has 4 aromatic carbocycles. The number of hydrogen-bond donors (Lipinski definition) is 2. The predicted octanol–water partition coefficient (Wildman–Crippen LogP) is 8.08. The number of alkyl halides is 6. The highest BCUT2D eigenvalue weighted by molar-refractivity contribution is 7.99. The van der Waals surface area contributed by atoms with Crippen LogP contribution in [0.5, 0.6) is 11.5 Å². The summed E-state index contributed by atoms with van der Waals surface area (Å²) in [6.07, 6.45) is -9.50. The van der Waals surface area contributed by atoms with Crippen LogP contribution in [0.3, 0.4) is 0 Å². The molecule has 0 heterocycles. The number of hydrogen-bond acceptors (Lipinski definition) is 6. The average molecular weight is 673 g/mol. The molecule has 0 aliphatic rings. The molecule has 4 rings (SSSR count). The Morgan fingerprint density at radius 1 is 0.578 bits per heavy atom. The minimum Gasteiger partial charge on any atom is -0.490 e. The largest absolute Gasteiger partial charge is 0.490 e. The van der Waals surface area contributed by atoms with Crippen molar-refractivity contribution in [1.29, 1.82) is 0 Å². The van der Waals surface area contributed by atoms with E-state index < -0.39 is 47.6 Å². The van der Waals surface area contributed by atoms with Gasteiger partial charge in [-0.15, -0.1) is 0 Å². The summed E-state index contributed by atoms with van der Waals surface area (Å²) in [4.78, 5) is 3.14. The van der Waals surface area contributed by atoms with Gasteiger partial charge < -0.3 is 19.7 Å². The van der Waals surface area contributed by atoms with Crippen LogP contribution in [-0.4, -0.2) is 51.2 Å². The highest BCUT2D eigenvalue weighted by atomic mass is 32.2. The van der Waals surface area contributed by atoms with Crippen molar-refractivity contribution in [2.75, 3.05) is 13.2 Å². The molecule has 3 unspecified atom stereocenters. The van der Waals surface area contributed by atoms with Gasteiger partial charge >= 0.3 is 12.4 Å². The Kier molecular flexibility index (Phi) is 12.1. The van der Waals surface area contributed by atoms with Gasteiger partial charge in [-0.2, -0.15) is 26.3 Å². The van der Waals surface area contributed by atoms with Crippen LogP contribution in [0.4, 0.5) is 26.3 Å². The Balaban J connectivity index is 0.000000246. The highest BCUT2D eigenvalue weighted by Gasteiger charge is 2.51. The Morgan fingerprint density at radius 3 is 1.36 bits per heavy atom. The van der Waals surface area contributed by atoms with Crippen molar-refractivity contribution in [2.45, 2.75) is 57.0 Å². The normalized spacial score (nSPS) is 15.1. The molecule has 45 heavy (non-hydrogen) atoms. The summed E-state index contributed by atoms with van der Waals surface area (Å²) >= 11 is 1.54. The molecule has 0 spiro atoms. The predicted molar refractivity (Wildman–Crippen MR) is 159 cm³/mol. The lowest BCUT2D eigenvalue weighted by atomic mass is 10.1. The molecule has 0 saturated heterocycles. The van der Waals surface area contributed by atoms with E-state index in [1.165, 1.54) is 36.0 Å². The van der Waals surface area contributed by atoms with Crippen molar-refractivity contribution in [1.82, 2.24) is 0 Å². The van der Waals surface area contributed by atoms with Crippen molar-refractivity contribution in [3.05, 3.63) is 109 Å². The molecular weight excluding hydrogens is 642 g/mol. The molecular formula is C32H30F6O5S2. The lowest BCUT2D eigenvalue weighted by molar-refractivity contribution is -0.260. The van der Waals surface area contributed by atoms with Crippen molar-refractivity contribution in [3.63, 3.8) is 0 Å². The maximum Gasteiger partial charge on any atom is 0.420 e. The van der Waals surface area contributed by atoms with Crippen LogP contribution in [0.25, 0.3) is 0 Å². The van der Waals surface area contributed by atoms with Gasteiger partial charge in [0.15, 0.2) is 11.2 Å². The Bertz CT molecular complexity index is 1490. The molecule has 0 bridgehead atoms. The number of rotatable bonds is 10. The maximum absolute atomic E-state index is 12.5. The van der Waals surface area contributed by atoms with Gasteiger partial charge in [0, 0.05) is 19.6 Å². The van der Waals surface area contributed by atoms with Crippen LogP contribution in [0.15, 0.2) is 129 Å². The lowest BCUT2D eigenvalue weighted by Crippen LogP contribution is -2.47. The quantitative estimate of drug-likeness (QED) is 0.166. The van der Waals surface area contributed by atoms with Crippen LogP contribution in [0.2, 0.25) is 0 Å². The van der Waals surface area contributed by atoms with E-state index in [9.17, 15) is 40.8 Å². The van der Waals surface area contributed by atoms with Gasteiger partial charge in [0.05, 0.1) is 10.8 Å². The van der Waals surface area contributed by atoms with Gasteiger partial charge in [-0.3, -0.25) is 0 Å². The minimum atomic E-state index is -4.78. The summed E-state index contributed by atoms with van der Waals surface area (Å²) in [5, 5.41) is 18.6. The van der Waals surface area contributed by atoms with E-state index in [1.807, 2.05) is 36.4 Å². The van der Waals surface area contributed by atoms with Gasteiger partial charge in [0.25, 0.3) is 0 Å². The van der Waals surface area contributed by atoms with Gasteiger partial charge in [-0.1, -0.05) is 48.2 Å². The van der Waals surface area contributed by atoms with E-state index in [-0.39, 0.29) is 11.5 Å². The van der Waals surface area contributed by atoms with Crippen LogP contribution in [0, 0.1) is 0 Å². The second-order valence-corrected chi connectivity index (χ2v) is 12.7. The van der Waals surface area contributed by atoms with Crippen LogP contribution < -0.4 is 9.47 Å². The lowest BCUT2D eigenvalue weighted by Gasteiger charge is -2.26. The topological polar surface area (TPSA) is 76.0 Å². The van der Waals surface area contributed by atoms with Crippen molar-refractivity contribution < 1.29 is 50.2 Å². The minimum absolute atomic E-state index is 0.156. The number of ether oxygens (including phenoxy) is 2. The third kappa shape index (κ3) is 10.8. The molecule has 0 saturated carbocycles. The molecule has 5 nitrogen and oxygen atoms in total. The van der Waals surface area contributed by atoms with E-state index in [0.717, 1.165) is 9.79 Å². The standard InChI is InChI=1S/C16H15F3O3S.C16H15F3O2S/c1-15(20,16(17,18)19)11-22-12-7-9-14(10-8-12)23(21)13-5-3-2-4-6-13;1-15(20,16(17,18)19)11-21-12-7-9-14(10-8-12)22-13-5-3-2-4-6-13/h2-10,20H,11H2,1H3;2-10,20H,11H2,1H3. The molecule has 4 aromatic rings. The first-order valence-electron chi connectivity index (χ1n) is 13.2. The fraction of sp³-hybridized carbons (Fsp3) is 0.250. The second-order valence-electron chi connectivity index (χ2n) is 10.1. The first kappa shape index (κ1) is 36.0. The molecule has 13 heteroatoms. The highest BCUT2D eigenvalue weighted by Crippen LogP contribution is 2.33. The van der Waals surface area contributed by atoms with E-state index in [4.69, 9.17) is 9.47 Å². The SMILES string of the molecule is CC(O)(COc1ccc(S(=O)c2ccccc2)cc1)C(F)(F)F.CC(O)(COc1ccc(Sc2ccccc2)cc1)C(F)(F)F. The van der Waals surface area contributed by atoms with Crippen LogP contribution in [0.1, 0.15) is 13.8 Å². The first-order valence-corrected chi connectivity index (χ1v) is 15.2. The van der Waals surface area contributed by atoms with Crippen LogP contribution in [-0.2, 0) is 10.8 Å². The molecule has 0 fully saturated rings. The second kappa shape index (κ2) is 15.2. The zero-order valence-corrected chi connectivity index (χ0v) is 25.6. The van der Waals surface area contributed by atoms with Gasteiger partial charge in [0.2, 0.25) is 0 Å². The number of aliphatic hydroxyl groups is 2. The molecule has 3 atom stereocenters. The third-order valence-corrected chi connectivity index (χ3v) is 8.48. The van der Waals surface area contributed by atoms with E-state index in [2.05, 4.69) is 0 Å². The van der Waals surface area contributed by atoms with Crippen molar-refractivity contribution in [3.8, 4) is 11.5 Å².